The number of hydrogen-bond acceptors (Lipinski definition) is 4. The number of nitriles is 1. The largest absolute Gasteiger partial charge is 0.444 e. The van der Waals surface area contributed by atoms with Crippen molar-refractivity contribution < 1.29 is 18.7 Å². The first-order valence-electron chi connectivity index (χ1n) is 9.63. The fraction of sp³-hybridized carbons (Fsp3) is 0.348. The quantitative estimate of drug-likeness (QED) is 0.830. The Labute approximate surface area is 175 Å². The molecular weight excluding hydrogens is 385 g/mol. The summed E-state index contributed by atoms with van der Waals surface area (Å²) < 4.78 is 18.9. The van der Waals surface area contributed by atoms with Gasteiger partial charge in [0.15, 0.2) is 0 Å². The average molecular weight is 409 g/mol. The summed E-state index contributed by atoms with van der Waals surface area (Å²) >= 11 is 0. The van der Waals surface area contributed by atoms with Gasteiger partial charge in [0, 0.05) is 25.6 Å². The van der Waals surface area contributed by atoms with Crippen molar-refractivity contribution in [3.63, 3.8) is 0 Å². The second kappa shape index (κ2) is 8.15. The van der Waals surface area contributed by atoms with E-state index in [-0.39, 0.29) is 18.1 Å². The molecule has 1 N–H and O–H groups in total. The summed E-state index contributed by atoms with van der Waals surface area (Å²) in [4.78, 5) is 26.4. The Morgan fingerprint density at radius 1 is 1.23 bits per heavy atom. The normalized spacial score (nSPS) is 14.1. The number of ether oxygens (including phenoxy) is 1. The van der Waals surface area contributed by atoms with Gasteiger partial charge in [-0.05, 0) is 61.2 Å². The lowest BCUT2D eigenvalue weighted by Crippen LogP contribution is -2.39. The van der Waals surface area contributed by atoms with E-state index in [1.807, 2.05) is 6.07 Å². The lowest BCUT2D eigenvalue weighted by molar-refractivity contribution is 0.0515. The number of rotatable bonds is 3. The molecule has 30 heavy (non-hydrogen) atoms. The van der Waals surface area contributed by atoms with Gasteiger partial charge in [-0.25, -0.2) is 9.18 Å². The zero-order valence-corrected chi connectivity index (χ0v) is 17.5. The fourth-order valence-corrected chi connectivity index (χ4v) is 3.43. The molecule has 2 amide bonds. The van der Waals surface area contributed by atoms with Crippen molar-refractivity contribution in [3.05, 3.63) is 58.9 Å². The van der Waals surface area contributed by atoms with E-state index in [1.165, 1.54) is 17.0 Å². The van der Waals surface area contributed by atoms with Gasteiger partial charge < -0.3 is 15.0 Å². The highest BCUT2D eigenvalue weighted by molar-refractivity contribution is 6.02. The smallest absolute Gasteiger partial charge is 0.408 e. The summed E-state index contributed by atoms with van der Waals surface area (Å²) in [6, 6.07) is 11.1. The number of carbonyl (C=O) groups excluding carboxylic acids is 2. The van der Waals surface area contributed by atoms with E-state index >= 15 is 0 Å². The van der Waals surface area contributed by atoms with Crippen molar-refractivity contribution in [1.82, 2.24) is 10.2 Å². The molecule has 0 fully saturated rings. The molecule has 0 unspecified atom stereocenters. The minimum absolute atomic E-state index is 0.183. The maximum absolute atomic E-state index is 13.7. The summed E-state index contributed by atoms with van der Waals surface area (Å²) in [5.74, 6) is -0.531. The number of carbonyl (C=O) groups is 2. The molecule has 0 radical (unpaired) electrons. The van der Waals surface area contributed by atoms with Crippen LogP contribution in [0.25, 0.3) is 11.1 Å². The lowest BCUT2D eigenvalue weighted by atomic mass is 9.93. The predicted octanol–water partition coefficient (Wildman–Crippen LogP) is 4.04. The van der Waals surface area contributed by atoms with Gasteiger partial charge in [-0.1, -0.05) is 18.2 Å². The Morgan fingerprint density at radius 3 is 2.60 bits per heavy atom. The number of nitrogens with one attached hydrogen (secondary N) is 1. The van der Waals surface area contributed by atoms with Crippen LogP contribution < -0.4 is 5.32 Å². The number of nitrogens with zero attached hydrogens (tertiary/aromatic N) is 2. The van der Waals surface area contributed by atoms with Crippen molar-refractivity contribution in [1.29, 1.82) is 5.26 Å². The van der Waals surface area contributed by atoms with Crippen LogP contribution in [0.2, 0.25) is 0 Å². The van der Waals surface area contributed by atoms with Crippen LogP contribution in [0.4, 0.5) is 9.18 Å². The number of amides is 2. The van der Waals surface area contributed by atoms with Gasteiger partial charge in [-0.2, -0.15) is 5.26 Å². The fourth-order valence-electron chi connectivity index (χ4n) is 3.43. The average Bonchev–Trinajstić information content (AvgIpc) is 2.74. The standard InChI is InChI=1S/C23H24FN3O3/c1-23(2,3)30-22(29)26-17(12-25)9-14-5-7-19-18-8-6-16(24)11-15(18)13-27(4)21(28)20(19)10-14/h5-8,10-11,17H,9,13H2,1-4H3,(H,26,29)/t17-/m0/s1. The molecule has 7 heteroatoms. The van der Waals surface area contributed by atoms with Crippen molar-refractivity contribution >= 4 is 12.0 Å². The summed E-state index contributed by atoms with van der Waals surface area (Å²) in [6.07, 6.45) is -0.452. The van der Waals surface area contributed by atoms with Gasteiger partial charge in [-0.15, -0.1) is 0 Å². The number of fused-ring (bicyclic) bond motifs is 3. The predicted molar refractivity (Wildman–Crippen MR) is 110 cm³/mol. The first-order chi connectivity index (χ1) is 14.1. The second-order valence-corrected chi connectivity index (χ2v) is 8.37. The summed E-state index contributed by atoms with van der Waals surface area (Å²) in [5, 5.41) is 12.0. The second-order valence-electron chi connectivity index (χ2n) is 8.37. The molecule has 2 aromatic rings. The third-order valence-electron chi connectivity index (χ3n) is 4.71. The SMILES string of the molecule is CN1Cc2cc(F)ccc2-c2ccc(C[C@@H](C#N)NC(=O)OC(C)(C)C)cc2C1=O. The molecule has 0 aliphatic carbocycles. The monoisotopic (exact) mass is 409 g/mol. The third kappa shape index (κ3) is 4.77. The first kappa shape index (κ1) is 21.3. The van der Waals surface area contributed by atoms with Crippen LogP contribution in [0.15, 0.2) is 36.4 Å². The minimum atomic E-state index is -0.808. The molecule has 1 heterocycles. The maximum Gasteiger partial charge on any atom is 0.408 e. The van der Waals surface area contributed by atoms with E-state index < -0.39 is 17.7 Å². The molecule has 0 saturated heterocycles. The number of alkyl carbamates (subject to hydrolysis) is 1. The van der Waals surface area contributed by atoms with Crippen molar-refractivity contribution in [2.24, 2.45) is 0 Å². The molecule has 0 spiro atoms. The Morgan fingerprint density at radius 2 is 1.93 bits per heavy atom. The van der Waals surface area contributed by atoms with E-state index in [0.29, 0.717) is 12.1 Å². The summed E-state index contributed by atoms with van der Waals surface area (Å²) in [7, 11) is 1.67. The summed E-state index contributed by atoms with van der Waals surface area (Å²) in [5.41, 5.74) is 2.80. The molecule has 1 atom stereocenters. The van der Waals surface area contributed by atoms with E-state index in [4.69, 9.17) is 4.74 Å². The van der Waals surface area contributed by atoms with E-state index in [2.05, 4.69) is 11.4 Å². The zero-order chi connectivity index (χ0) is 22.1. The Balaban J connectivity index is 1.89. The molecule has 2 aromatic carbocycles. The molecule has 0 bridgehead atoms. The Kier molecular flexibility index (Phi) is 5.79. The van der Waals surface area contributed by atoms with Gasteiger partial charge in [0.05, 0.1) is 6.07 Å². The maximum atomic E-state index is 13.7. The van der Waals surface area contributed by atoms with Crippen LogP contribution >= 0.6 is 0 Å². The van der Waals surface area contributed by atoms with E-state index in [1.54, 1.807) is 46.0 Å². The Bertz CT molecular complexity index is 1040. The van der Waals surface area contributed by atoms with Gasteiger partial charge in [-0.3, -0.25) is 4.79 Å². The summed E-state index contributed by atoms with van der Waals surface area (Å²) in [6.45, 7) is 5.53. The molecule has 1 aliphatic rings. The molecule has 6 nitrogen and oxygen atoms in total. The molecule has 0 aromatic heterocycles. The van der Waals surface area contributed by atoms with Crippen LogP contribution in [-0.2, 0) is 17.7 Å². The highest BCUT2D eigenvalue weighted by Crippen LogP contribution is 2.33. The van der Waals surface area contributed by atoms with Crippen molar-refractivity contribution in [3.8, 4) is 17.2 Å². The van der Waals surface area contributed by atoms with Crippen LogP contribution in [0.1, 0.15) is 42.3 Å². The van der Waals surface area contributed by atoms with Crippen LogP contribution in [0.5, 0.6) is 0 Å². The molecule has 156 valence electrons. The van der Waals surface area contributed by atoms with Gasteiger partial charge in [0.1, 0.15) is 17.5 Å². The topological polar surface area (TPSA) is 82.4 Å². The van der Waals surface area contributed by atoms with E-state index in [0.717, 1.165) is 22.3 Å². The van der Waals surface area contributed by atoms with Crippen LogP contribution in [0.3, 0.4) is 0 Å². The minimum Gasteiger partial charge on any atom is -0.444 e. The van der Waals surface area contributed by atoms with E-state index in [9.17, 15) is 19.2 Å². The van der Waals surface area contributed by atoms with Crippen LogP contribution in [-0.4, -0.2) is 35.6 Å². The highest BCUT2D eigenvalue weighted by Gasteiger charge is 2.25. The van der Waals surface area contributed by atoms with Gasteiger partial charge in [0.25, 0.3) is 5.91 Å². The van der Waals surface area contributed by atoms with Gasteiger partial charge in [0.2, 0.25) is 0 Å². The first-order valence-corrected chi connectivity index (χ1v) is 9.63. The van der Waals surface area contributed by atoms with Crippen molar-refractivity contribution in [2.75, 3.05) is 7.05 Å². The van der Waals surface area contributed by atoms with Gasteiger partial charge >= 0.3 is 6.09 Å². The molecule has 0 saturated carbocycles. The lowest BCUT2D eigenvalue weighted by Gasteiger charge is -2.21. The third-order valence-corrected chi connectivity index (χ3v) is 4.71. The molecular formula is C23H24FN3O3. The van der Waals surface area contributed by atoms with Crippen molar-refractivity contribution in [2.45, 2.75) is 45.4 Å². The number of hydrogen-bond donors (Lipinski definition) is 1. The molecule has 1 aliphatic heterocycles. The number of halogens is 1. The van der Waals surface area contributed by atoms with Crippen LogP contribution in [0, 0.1) is 17.1 Å². The highest BCUT2D eigenvalue weighted by atomic mass is 19.1. The molecule has 3 rings (SSSR count). The zero-order valence-electron chi connectivity index (χ0n) is 17.5. The number of benzene rings is 2. The Hall–Kier alpha value is -3.40.